The SMILES string of the molecule is Cc1cc(O)c(C2(CN)CC2)c(C)c1Cl. The largest absolute Gasteiger partial charge is 0.508 e. The summed E-state index contributed by atoms with van der Waals surface area (Å²) in [5.74, 6) is 0.345. The first-order chi connectivity index (χ1) is 7.02. The Bertz CT molecular complexity index is 411. The maximum Gasteiger partial charge on any atom is 0.120 e. The molecular weight excluding hydrogens is 210 g/mol. The molecule has 1 aliphatic carbocycles. The number of rotatable bonds is 2. The molecule has 0 aliphatic heterocycles. The van der Waals surface area contributed by atoms with Crippen LogP contribution in [0.1, 0.15) is 29.5 Å². The van der Waals surface area contributed by atoms with Crippen molar-refractivity contribution in [1.82, 2.24) is 0 Å². The molecule has 1 aromatic rings. The highest BCUT2D eigenvalue weighted by molar-refractivity contribution is 6.32. The van der Waals surface area contributed by atoms with Crippen molar-refractivity contribution in [3.05, 3.63) is 27.8 Å². The highest BCUT2D eigenvalue weighted by Crippen LogP contribution is 2.52. The molecule has 1 saturated carbocycles. The summed E-state index contributed by atoms with van der Waals surface area (Å²) in [5, 5.41) is 10.7. The van der Waals surface area contributed by atoms with Crippen molar-refractivity contribution in [2.45, 2.75) is 32.1 Å². The number of phenolic OH excluding ortho intramolecular Hbond substituents is 1. The second-order valence-corrected chi connectivity index (χ2v) is 4.89. The van der Waals surface area contributed by atoms with Gasteiger partial charge in [0.25, 0.3) is 0 Å². The third kappa shape index (κ3) is 1.52. The lowest BCUT2D eigenvalue weighted by Crippen LogP contribution is -2.21. The van der Waals surface area contributed by atoms with E-state index < -0.39 is 0 Å². The minimum absolute atomic E-state index is 0.00843. The molecular formula is C12H16ClNO. The minimum Gasteiger partial charge on any atom is -0.508 e. The van der Waals surface area contributed by atoms with E-state index in [1.54, 1.807) is 6.07 Å². The lowest BCUT2D eigenvalue weighted by atomic mass is 9.90. The average molecular weight is 226 g/mol. The molecule has 0 heterocycles. The summed E-state index contributed by atoms with van der Waals surface area (Å²) in [6.45, 7) is 4.45. The number of benzene rings is 1. The Hall–Kier alpha value is -0.730. The first-order valence-corrected chi connectivity index (χ1v) is 5.59. The molecule has 0 aromatic heterocycles. The van der Waals surface area contributed by atoms with E-state index in [0.29, 0.717) is 12.3 Å². The maximum absolute atomic E-state index is 9.99. The zero-order valence-electron chi connectivity index (χ0n) is 9.10. The van der Waals surface area contributed by atoms with Gasteiger partial charge in [0.15, 0.2) is 0 Å². The molecule has 15 heavy (non-hydrogen) atoms. The Kier molecular flexibility index (Phi) is 2.44. The number of aromatic hydroxyl groups is 1. The van der Waals surface area contributed by atoms with Gasteiger partial charge >= 0.3 is 0 Å². The number of halogens is 1. The van der Waals surface area contributed by atoms with Gasteiger partial charge in [0.05, 0.1) is 0 Å². The van der Waals surface area contributed by atoms with Crippen LogP contribution in [0.3, 0.4) is 0 Å². The third-order valence-corrected chi connectivity index (χ3v) is 4.02. The highest BCUT2D eigenvalue weighted by Gasteiger charge is 2.46. The van der Waals surface area contributed by atoms with Crippen molar-refractivity contribution < 1.29 is 5.11 Å². The van der Waals surface area contributed by atoms with Crippen LogP contribution >= 0.6 is 11.6 Å². The molecule has 1 aliphatic rings. The van der Waals surface area contributed by atoms with Crippen LogP contribution in [0.25, 0.3) is 0 Å². The van der Waals surface area contributed by atoms with Crippen molar-refractivity contribution >= 4 is 11.6 Å². The van der Waals surface area contributed by atoms with Gasteiger partial charge in [-0.05, 0) is 43.9 Å². The zero-order chi connectivity index (χ0) is 11.2. The quantitative estimate of drug-likeness (QED) is 0.813. The number of hydrogen-bond donors (Lipinski definition) is 2. The summed E-state index contributed by atoms with van der Waals surface area (Å²) in [6.07, 6.45) is 2.11. The third-order valence-electron chi connectivity index (χ3n) is 3.43. The van der Waals surface area contributed by atoms with Gasteiger partial charge < -0.3 is 10.8 Å². The Labute approximate surface area is 95.1 Å². The van der Waals surface area contributed by atoms with Crippen LogP contribution in [0.2, 0.25) is 5.02 Å². The first-order valence-electron chi connectivity index (χ1n) is 5.21. The van der Waals surface area contributed by atoms with Crippen molar-refractivity contribution in [2.75, 3.05) is 6.54 Å². The number of aryl methyl sites for hydroxylation is 1. The molecule has 2 rings (SSSR count). The van der Waals surface area contributed by atoms with Crippen LogP contribution in [-0.4, -0.2) is 11.7 Å². The van der Waals surface area contributed by atoms with Crippen LogP contribution in [0.15, 0.2) is 6.07 Å². The van der Waals surface area contributed by atoms with Gasteiger partial charge in [-0.1, -0.05) is 11.6 Å². The zero-order valence-corrected chi connectivity index (χ0v) is 9.86. The summed E-state index contributed by atoms with van der Waals surface area (Å²) >= 11 is 6.19. The molecule has 0 unspecified atom stereocenters. The summed E-state index contributed by atoms with van der Waals surface area (Å²) in [4.78, 5) is 0. The van der Waals surface area contributed by atoms with Gasteiger partial charge in [0.2, 0.25) is 0 Å². The molecule has 82 valence electrons. The van der Waals surface area contributed by atoms with Crippen molar-refractivity contribution in [3.8, 4) is 5.75 Å². The lowest BCUT2D eigenvalue weighted by Gasteiger charge is -2.19. The Balaban J connectivity index is 2.62. The monoisotopic (exact) mass is 225 g/mol. The summed E-state index contributed by atoms with van der Waals surface area (Å²) in [7, 11) is 0. The van der Waals surface area contributed by atoms with E-state index in [4.69, 9.17) is 17.3 Å². The van der Waals surface area contributed by atoms with Crippen LogP contribution in [0.4, 0.5) is 0 Å². The van der Waals surface area contributed by atoms with Gasteiger partial charge in [-0.3, -0.25) is 0 Å². The van der Waals surface area contributed by atoms with Gasteiger partial charge in [0.1, 0.15) is 5.75 Å². The smallest absolute Gasteiger partial charge is 0.120 e. The Morgan fingerprint density at radius 1 is 1.47 bits per heavy atom. The summed E-state index contributed by atoms with van der Waals surface area (Å²) in [5.41, 5.74) is 8.63. The van der Waals surface area contributed by atoms with E-state index >= 15 is 0 Å². The number of nitrogens with two attached hydrogens (primary N) is 1. The average Bonchev–Trinajstić information content (AvgIpc) is 2.96. The fourth-order valence-electron chi connectivity index (χ4n) is 2.31. The van der Waals surface area contributed by atoms with Crippen molar-refractivity contribution in [1.29, 1.82) is 0 Å². The van der Waals surface area contributed by atoms with E-state index in [-0.39, 0.29) is 5.41 Å². The summed E-state index contributed by atoms with van der Waals surface area (Å²) < 4.78 is 0. The molecule has 2 nitrogen and oxygen atoms in total. The molecule has 0 atom stereocenters. The van der Waals surface area contributed by atoms with Gasteiger partial charge in [-0.25, -0.2) is 0 Å². The van der Waals surface area contributed by atoms with E-state index in [9.17, 15) is 5.11 Å². The normalized spacial score (nSPS) is 17.9. The molecule has 3 heteroatoms. The number of phenols is 1. The maximum atomic E-state index is 9.99. The molecule has 0 spiro atoms. The fraction of sp³-hybridized carbons (Fsp3) is 0.500. The van der Waals surface area contributed by atoms with Crippen LogP contribution in [-0.2, 0) is 5.41 Å². The second-order valence-electron chi connectivity index (χ2n) is 4.51. The topological polar surface area (TPSA) is 46.2 Å². The van der Waals surface area contributed by atoms with E-state index in [0.717, 1.165) is 34.6 Å². The molecule has 3 N–H and O–H groups in total. The second kappa shape index (κ2) is 3.39. The lowest BCUT2D eigenvalue weighted by molar-refractivity contribution is 0.457. The Morgan fingerprint density at radius 2 is 2.07 bits per heavy atom. The van der Waals surface area contributed by atoms with Crippen LogP contribution in [0.5, 0.6) is 5.75 Å². The molecule has 0 amide bonds. The van der Waals surface area contributed by atoms with Gasteiger partial charge in [-0.15, -0.1) is 0 Å². The van der Waals surface area contributed by atoms with Crippen molar-refractivity contribution in [2.24, 2.45) is 5.73 Å². The van der Waals surface area contributed by atoms with Crippen molar-refractivity contribution in [3.63, 3.8) is 0 Å². The predicted octanol–water partition coefficient (Wildman–Crippen LogP) is 2.65. The molecule has 0 saturated heterocycles. The van der Waals surface area contributed by atoms with Crippen LogP contribution < -0.4 is 5.73 Å². The molecule has 0 bridgehead atoms. The van der Waals surface area contributed by atoms with E-state index in [2.05, 4.69) is 0 Å². The summed E-state index contributed by atoms with van der Waals surface area (Å²) in [6, 6.07) is 1.74. The standard InChI is InChI=1S/C12H16ClNO/c1-7-5-9(15)10(8(2)11(7)13)12(6-14)3-4-12/h5,15H,3-4,6,14H2,1-2H3. The van der Waals surface area contributed by atoms with Crippen LogP contribution in [0, 0.1) is 13.8 Å². The van der Waals surface area contributed by atoms with Gasteiger partial charge in [0, 0.05) is 22.5 Å². The van der Waals surface area contributed by atoms with E-state index in [1.165, 1.54) is 0 Å². The first kappa shape index (κ1) is 10.8. The molecule has 0 radical (unpaired) electrons. The Morgan fingerprint density at radius 3 is 2.53 bits per heavy atom. The predicted molar refractivity (Wildman–Crippen MR) is 62.6 cm³/mol. The number of hydrogen-bond acceptors (Lipinski definition) is 2. The molecule has 1 fully saturated rings. The van der Waals surface area contributed by atoms with Gasteiger partial charge in [-0.2, -0.15) is 0 Å². The molecule has 1 aromatic carbocycles. The highest BCUT2D eigenvalue weighted by atomic mass is 35.5. The fourth-order valence-corrected chi connectivity index (χ4v) is 2.46. The van der Waals surface area contributed by atoms with E-state index in [1.807, 2.05) is 13.8 Å². The minimum atomic E-state index is -0.00843.